The summed E-state index contributed by atoms with van der Waals surface area (Å²) < 4.78 is 2.31. The summed E-state index contributed by atoms with van der Waals surface area (Å²) in [6.45, 7) is 7.74. The van der Waals surface area contributed by atoms with Gasteiger partial charge in [-0.2, -0.15) is 0 Å². The average molecular weight is 286 g/mol. The Kier molecular flexibility index (Phi) is 4.56. The molecular formula is C17H26N4. The molecule has 1 aliphatic heterocycles. The molecule has 0 saturated carbocycles. The third-order valence-corrected chi connectivity index (χ3v) is 4.51. The molecule has 0 radical (unpaired) electrons. The Morgan fingerprint density at radius 1 is 1.33 bits per heavy atom. The molecule has 114 valence electrons. The first kappa shape index (κ1) is 14.5. The van der Waals surface area contributed by atoms with E-state index in [4.69, 9.17) is 0 Å². The molecular weight excluding hydrogens is 260 g/mol. The van der Waals surface area contributed by atoms with E-state index in [1.807, 2.05) is 0 Å². The normalized spacial score (nSPS) is 20.2. The zero-order chi connectivity index (χ0) is 14.7. The summed E-state index contributed by atoms with van der Waals surface area (Å²) >= 11 is 0. The molecule has 4 heteroatoms. The van der Waals surface area contributed by atoms with Crippen LogP contribution < -0.4 is 5.32 Å². The second kappa shape index (κ2) is 6.58. The van der Waals surface area contributed by atoms with Gasteiger partial charge in [-0.3, -0.25) is 0 Å². The highest BCUT2D eigenvalue weighted by Crippen LogP contribution is 2.15. The summed E-state index contributed by atoms with van der Waals surface area (Å²) in [5.41, 5.74) is 2.35. The van der Waals surface area contributed by atoms with Crippen LogP contribution in [0.2, 0.25) is 0 Å². The lowest BCUT2D eigenvalue weighted by molar-refractivity contribution is 0.206. The number of rotatable bonds is 5. The molecule has 2 heterocycles. The van der Waals surface area contributed by atoms with Gasteiger partial charge in [0, 0.05) is 19.6 Å². The van der Waals surface area contributed by atoms with Crippen molar-refractivity contribution >= 4 is 11.0 Å². The van der Waals surface area contributed by atoms with Crippen molar-refractivity contribution in [2.45, 2.75) is 26.3 Å². The number of hydrogen-bond acceptors (Lipinski definition) is 3. The molecule has 1 fully saturated rings. The van der Waals surface area contributed by atoms with Crippen molar-refractivity contribution < 1.29 is 0 Å². The average Bonchev–Trinajstić information content (AvgIpc) is 2.79. The van der Waals surface area contributed by atoms with E-state index in [1.54, 1.807) is 0 Å². The van der Waals surface area contributed by atoms with E-state index in [2.05, 4.69) is 58.0 Å². The van der Waals surface area contributed by atoms with E-state index in [-0.39, 0.29) is 0 Å². The van der Waals surface area contributed by atoms with Gasteiger partial charge >= 0.3 is 0 Å². The number of aromatic nitrogens is 2. The van der Waals surface area contributed by atoms with E-state index < -0.39 is 0 Å². The Bertz CT molecular complexity index is 589. The van der Waals surface area contributed by atoms with E-state index in [0.717, 1.165) is 36.9 Å². The Morgan fingerprint density at radius 3 is 3.05 bits per heavy atom. The standard InChI is InChI=1S/C17H26N4/c1-14-19-16-7-3-4-8-17(16)21(14)11-9-18-12-15-6-5-10-20(2)13-15/h3-4,7-8,15,18H,5-6,9-13H2,1-2H3. The van der Waals surface area contributed by atoms with Crippen LogP contribution in [0.3, 0.4) is 0 Å². The summed E-state index contributed by atoms with van der Waals surface area (Å²) in [7, 11) is 2.23. The van der Waals surface area contributed by atoms with Gasteiger partial charge in [0.15, 0.2) is 0 Å². The largest absolute Gasteiger partial charge is 0.327 e. The molecule has 1 saturated heterocycles. The fourth-order valence-corrected chi connectivity index (χ4v) is 3.42. The molecule has 0 spiro atoms. The van der Waals surface area contributed by atoms with Crippen molar-refractivity contribution in [2.75, 3.05) is 33.2 Å². The molecule has 1 N–H and O–H groups in total. The van der Waals surface area contributed by atoms with Crippen molar-refractivity contribution in [3.63, 3.8) is 0 Å². The second-order valence-corrected chi connectivity index (χ2v) is 6.27. The van der Waals surface area contributed by atoms with Crippen LogP contribution in [0.4, 0.5) is 0 Å². The van der Waals surface area contributed by atoms with Crippen LogP contribution in [0.25, 0.3) is 11.0 Å². The molecule has 21 heavy (non-hydrogen) atoms. The van der Waals surface area contributed by atoms with Crippen molar-refractivity contribution in [1.82, 2.24) is 19.8 Å². The SMILES string of the molecule is Cc1nc2ccccc2n1CCNCC1CCCN(C)C1. The summed E-state index contributed by atoms with van der Waals surface area (Å²) in [5, 5.41) is 3.63. The molecule has 1 unspecified atom stereocenters. The van der Waals surface area contributed by atoms with Gasteiger partial charge in [-0.1, -0.05) is 12.1 Å². The molecule has 0 amide bonds. The molecule has 1 aliphatic rings. The number of benzene rings is 1. The molecule has 1 aromatic carbocycles. The van der Waals surface area contributed by atoms with Crippen LogP contribution >= 0.6 is 0 Å². The highest BCUT2D eigenvalue weighted by Gasteiger charge is 2.16. The number of piperidine rings is 1. The van der Waals surface area contributed by atoms with Crippen molar-refractivity contribution in [1.29, 1.82) is 0 Å². The van der Waals surface area contributed by atoms with Crippen LogP contribution in [0, 0.1) is 12.8 Å². The summed E-state index contributed by atoms with van der Waals surface area (Å²) in [6.07, 6.45) is 2.71. The summed E-state index contributed by atoms with van der Waals surface area (Å²) in [5.74, 6) is 1.92. The maximum Gasteiger partial charge on any atom is 0.106 e. The van der Waals surface area contributed by atoms with Gasteiger partial charge in [-0.25, -0.2) is 4.98 Å². The molecule has 0 aliphatic carbocycles. The first-order valence-corrected chi connectivity index (χ1v) is 8.05. The Labute approximate surface area is 127 Å². The zero-order valence-corrected chi connectivity index (χ0v) is 13.2. The molecule has 4 nitrogen and oxygen atoms in total. The summed E-state index contributed by atoms with van der Waals surface area (Å²) in [6, 6.07) is 8.39. The second-order valence-electron chi connectivity index (χ2n) is 6.27. The molecule has 0 bridgehead atoms. The van der Waals surface area contributed by atoms with Gasteiger partial charge in [0.2, 0.25) is 0 Å². The van der Waals surface area contributed by atoms with Crippen molar-refractivity contribution in [3.8, 4) is 0 Å². The van der Waals surface area contributed by atoms with Crippen LogP contribution in [0.15, 0.2) is 24.3 Å². The highest BCUT2D eigenvalue weighted by atomic mass is 15.1. The van der Waals surface area contributed by atoms with E-state index in [0.29, 0.717) is 0 Å². The number of fused-ring (bicyclic) bond motifs is 1. The molecule has 1 aromatic heterocycles. The minimum atomic E-state index is 0.810. The summed E-state index contributed by atoms with van der Waals surface area (Å²) in [4.78, 5) is 7.07. The number of aryl methyl sites for hydroxylation is 1. The van der Waals surface area contributed by atoms with Gasteiger partial charge in [0.05, 0.1) is 11.0 Å². The minimum Gasteiger partial charge on any atom is -0.327 e. The number of imidazole rings is 1. The molecule has 3 rings (SSSR count). The number of nitrogens with one attached hydrogen (secondary N) is 1. The van der Waals surface area contributed by atoms with Gasteiger partial charge in [0.25, 0.3) is 0 Å². The smallest absolute Gasteiger partial charge is 0.106 e. The number of nitrogens with zero attached hydrogens (tertiary/aromatic N) is 3. The fourth-order valence-electron chi connectivity index (χ4n) is 3.42. The number of para-hydroxylation sites is 2. The third-order valence-electron chi connectivity index (χ3n) is 4.51. The predicted octanol–water partition coefficient (Wildman–Crippen LogP) is 2.28. The third kappa shape index (κ3) is 3.44. The van der Waals surface area contributed by atoms with Crippen molar-refractivity contribution in [3.05, 3.63) is 30.1 Å². The zero-order valence-electron chi connectivity index (χ0n) is 13.2. The van der Waals surface area contributed by atoms with Crippen LogP contribution in [-0.2, 0) is 6.54 Å². The maximum atomic E-state index is 4.62. The monoisotopic (exact) mass is 286 g/mol. The first-order chi connectivity index (χ1) is 10.2. The van der Waals surface area contributed by atoms with Crippen molar-refractivity contribution in [2.24, 2.45) is 5.92 Å². The topological polar surface area (TPSA) is 33.1 Å². The lowest BCUT2D eigenvalue weighted by Crippen LogP contribution is -2.38. The van der Waals surface area contributed by atoms with Crippen LogP contribution in [-0.4, -0.2) is 47.7 Å². The van der Waals surface area contributed by atoms with E-state index >= 15 is 0 Å². The minimum absolute atomic E-state index is 0.810. The fraction of sp³-hybridized carbons (Fsp3) is 0.588. The Balaban J connectivity index is 1.51. The van der Waals surface area contributed by atoms with Crippen LogP contribution in [0.5, 0.6) is 0 Å². The maximum absolute atomic E-state index is 4.62. The van der Waals surface area contributed by atoms with Gasteiger partial charge < -0.3 is 14.8 Å². The number of hydrogen-bond donors (Lipinski definition) is 1. The van der Waals surface area contributed by atoms with Gasteiger partial charge in [-0.05, 0) is 58.0 Å². The Hall–Kier alpha value is -1.39. The first-order valence-electron chi connectivity index (χ1n) is 8.05. The quantitative estimate of drug-likeness (QED) is 0.856. The lowest BCUT2D eigenvalue weighted by Gasteiger charge is -2.29. The van der Waals surface area contributed by atoms with E-state index in [1.165, 1.54) is 31.4 Å². The number of likely N-dealkylation sites (tertiary alicyclic amines) is 1. The molecule has 2 aromatic rings. The molecule has 1 atom stereocenters. The Morgan fingerprint density at radius 2 is 2.19 bits per heavy atom. The van der Waals surface area contributed by atoms with E-state index in [9.17, 15) is 0 Å². The van der Waals surface area contributed by atoms with Crippen LogP contribution in [0.1, 0.15) is 18.7 Å². The van der Waals surface area contributed by atoms with Gasteiger partial charge in [-0.15, -0.1) is 0 Å². The predicted molar refractivity (Wildman–Crippen MR) is 87.6 cm³/mol. The highest BCUT2D eigenvalue weighted by molar-refractivity contribution is 5.75. The lowest BCUT2D eigenvalue weighted by atomic mass is 9.98. The van der Waals surface area contributed by atoms with Gasteiger partial charge in [0.1, 0.15) is 5.82 Å².